The van der Waals surface area contributed by atoms with Gasteiger partial charge in [0.25, 0.3) is 0 Å². The van der Waals surface area contributed by atoms with E-state index in [2.05, 4.69) is 55.7 Å². The topological polar surface area (TPSA) is 85.0 Å². The molecule has 1 aliphatic heterocycles. The average molecular weight is 621 g/mol. The van der Waals surface area contributed by atoms with E-state index in [1.54, 1.807) is 18.7 Å². The van der Waals surface area contributed by atoms with Crippen LogP contribution in [0.5, 0.6) is 5.75 Å². The molecule has 1 aromatic heterocycles. The van der Waals surface area contributed by atoms with Gasteiger partial charge in [-0.1, -0.05) is 61.2 Å². The third kappa shape index (κ3) is 7.73. The Labute approximate surface area is 257 Å². The van der Waals surface area contributed by atoms with Crippen molar-refractivity contribution in [3.8, 4) is 22.8 Å². The molecule has 0 N–H and O–H groups in total. The molecule has 0 radical (unpaired) electrons. The van der Waals surface area contributed by atoms with E-state index in [0.717, 1.165) is 35.4 Å². The minimum atomic E-state index is -4.75. The lowest BCUT2D eigenvalue weighted by Gasteiger charge is -2.36. The number of hydrogen-bond acceptors (Lipinski definition) is 5. The number of nitrogens with zero attached hydrogens (tertiary/aromatic N) is 6. The number of thioether (sulfide) groups is 1. The molecule has 2 amide bonds. The van der Waals surface area contributed by atoms with Gasteiger partial charge in [0.1, 0.15) is 12.1 Å². The number of alkyl halides is 3. The zero-order valence-corrected chi connectivity index (χ0v) is 25.3. The van der Waals surface area contributed by atoms with Gasteiger partial charge in [-0.15, -0.1) is 18.3 Å². The molecule has 5 rings (SSSR count). The molecule has 0 aliphatic carbocycles. The van der Waals surface area contributed by atoms with Crippen LogP contribution < -0.4 is 9.64 Å². The van der Waals surface area contributed by atoms with Crippen LogP contribution in [0, 0.1) is 0 Å². The zero-order chi connectivity index (χ0) is 31.3. The van der Waals surface area contributed by atoms with Crippen molar-refractivity contribution >= 4 is 34.4 Å². The molecule has 1 atom stereocenters. The maximum absolute atomic E-state index is 12.9. The molecular weight excluding hydrogens is 589 g/mol. The molecule has 8 nitrogen and oxygen atoms in total. The van der Waals surface area contributed by atoms with Crippen LogP contribution in [0.4, 0.5) is 23.7 Å². The fourth-order valence-electron chi connectivity index (χ4n) is 4.88. The first-order chi connectivity index (χ1) is 21.1. The first kappa shape index (κ1) is 31.0. The van der Waals surface area contributed by atoms with E-state index in [-0.39, 0.29) is 11.8 Å². The van der Waals surface area contributed by atoms with Crippen LogP contribution in [0.15, 0.2) is 89.1 Å². The number of benzene rings is 3. The first-order valence-corrected chi connectivity index (χ1v) is 15.1. The van der Waals surface area contributed by atoms with Gasteiger partial charge >= 0.3 is 12.4 Å². The summed E-state index contributed by atoms with van der Waals surface area (Å²) >= 11 is 1.58. The molecule has 44 heavy (non-hydrogen) atoms. The minimum absolute atomic E-state index is 0.221. The highest BCUT2D eigenvalue weighted by Gasteiger charge is 2.31. The summed E-state index contributed by atoms with van der Waals surface area (Å²) in [4.78, 5) is 28.0. The summed E-state index contributed by atoms with van der Waals surface area (Å²) in [6, 6.07) is 20.8. The summed E-state index contributed by atoms with van der Waals surface area (Å²) in [6.45, 7) is 6.08. The molecule has 1 unspecified atom stereocenters. The van der Waals surface area contributed by atoms with Gasteiger partial charge in [-0.05, 0) is 68.1 Å². The normalized spacial score (nSPS) is 16.8. The number of anilines is 1. The van der Waals surface area contributed by atoms with Crippen molar-refractivity contribution in [3.05, 3.63) is 90.3 Å². The van der Waals surface area contributed by atoms with Gasteiger partial charge < -0.3 is 9.64 Å². The number of aliphatic imine (C=N–C) groups is 2. The maximum Gasteiger partial charge on any atom is 0.573 e. The van der Waals surface area contributed by atoms with Crippen LogP contribution in [0.2, 0.25) is 0 Å². The molecule has 2 heterocycles. The Morgan fingerprint density at radius 3 is 2.50 bits per heavy atom. The van der Waals surface area contributed by atoms with Crippen LogP contribution >= 0.6 is 11.8 Å². The number of carbonyl (C=O) groups is 1. The summed E-state index contributed by atoms with van der Waals surface area (Å²) < 4.78 is 42.6. The van der Waals surface area contributed by atoms with Crippen molar-refractivity contribution in [1.29, 1.82) is 0 Å². The van der Waals surface area contributed by atoms with Crippen LogP contribution in [0.25, 0.3) is 17.1 Å². The highest BCUT2D eigenvalue weighted by Crippen LogP contribution is 2.32. The van der Waals surface area contributed by atoms with E-state index >= 15 is 0 Å². The van der Waals surface area contributed by atoms with E-state index in [1.807, 2.05) is 36.4 Å². The van der Waals surface area contributed by atoms with Crippen molar-refractivity contribution in [3.63, 3.8) is 0 Å². The number of rotatable bonds is 7. The fraction of sp³-hybridized carbons (Fsp3) is 0.281. The summed E-state index contributed by atoms with van der Waals surface area (Å²) in [5, 5.41) is 5.11. The number of ether oxygens (including phenoxy) is 1. The predicted molar refractivity (Wildman–Crippen MR) is 168 cm³/mol. The SMILES string of the molecule is CCc1ccccc1N1C(=NC(=O)N=C(C)Cc2ccc(-c3ncn(-c4ccc(OC(F)(F)F)cc4)n3)cc2)SCCC1C. The minimum Gasteiger partial charge on any atom is -0.406 e. The molecule has 0 bridgehead atoms. The largest absolute Gasteiger partial charge is 0.573 e. The summed E-state index contributed by atoms with van der Waals surface area (Å²) in [5.74, 6) is 1.04. The number of amidine groups is 1. The lowest BCUT2D eigenvalue weighted by Crippen LogP contribution is -2.42. The molecule has 0 spiro atoms. The second-order valence-corrected chi connectivity index (χ2v) is 11.4. The monoisotopic (exact) mass is 620 g/mol. The Morgan fingerprint density at radius 1 is 1.07 bits per heavy atom. The van der Waals surface area contributed by atoms with Gasteiger partial charge in [0.15, 0.2) is 11.0 Å². The number of aromatic nitrogens is 3. The standard InChI is InChI=1S/C32H31F3N6O2S/c1-4-24-7-5-6-8-28(24)41-22(3)17-18-44-31(41)38-30(42)37-21(2)19-23-9-11-25(12-10-23)29-36-20-40(39-29)26-13-15-27(16-14-26)43-32(33,34)35/h5-16,20,22H,4,17-19H2,1-3H3. The number of urea groups is 1. The Morgan fingerprint density at radius 2 is 1.80 bits per heavy atom. The predicted octanol–water partition coefficient (Wildman–Crippen LogP) is 7.91. The fourth-order valence-corrected chi connectivity index (χ4v) is 6.08. The molecule has 4 aromatic rings. The number of halogens is 3. The lowest BCUT2D eigenvalue weighted by molar-refractivity contribution is -0.274. The second kappa shape index (κ2) is 13.5. The highest BCUT2D eigenvalue weighted by atomic mass is 32.2. The summed E-state index contributed by atoms with van der Waals surface area (Å²) in [7, 11) is 0. The van der Waals surface area contributed by atoms with Crippen molar-refractivity contribution in [2.24, 2.45) is 9.98 Å². The molecular formula is C32H31F3N6O2S. The van der Waals surface area contributed by atoms with E-state index in [4.69, 9.17) is 0 Å². The third-order valence-corrected chi connectivity index (χ3v) is 8.01. The number of aryl methyl sites for hydroxylation is 1. The summed E-state index contributed by atoms with van der Waals surface area (Å²) in [5.41, 5.74) is 5.18. The van der Waals surface area contributed by atoms with Crippen molar-refractivity contribution < 1.29 is 22.7 Å². The van der Waals surface area contributed by atoms with Crippen LogP contribution in [-0.4, -0.2) is 49.8 Å². The Kier molecular flexibility index (Phi) is 9.48. The van der Waals surface area contributed by atoms with E-state index < -0.39 is 12.4 Å². The molecule has 12 heteroatoms. The molecule has 1 aliphatic rings. The summed E-state index contributed by atoms with van der Waals surface area (Å²) in [6.07, 6.45) is -0.912. The van der Waals surface area contributed by atoms with Gasteiger partial charge in [0.2, 0.25) is 0 Å². The van der Waals surface area contributed by atoms with Crippen molar-refractivity contribution in [1.82, 2.24) is 14.8 Å². The molecule has 0 saturated carbocycles. The van der Waals surface area contributed by atoms with Crippen molar-refractivity contribution in [2.75, 3.05) is 10.7 Å². The van der Waals surface area contributed by atoms with Gasteiger partial charge in [0, 0.05) is 35.2 Å². The number of amides is 2. The first-order valence-electron chi connectivity index (χ1n) is 14.1. The Balaban J connectivity index is 1.24. The van der Waals surface area contributed by atoms with Crippen LogP contribution in [-0.2, 0) is 12.8 Å². The van der Waals surface area contributed by atoms with Crippen LogP contribution in [0.1, 0.15) is 38.3 Å². The van der Waals surface area contributed by atoms with E-state index in [1.165, 1.54) is 40.8 Å². The third-order valence-electron chi connectivity index (χ3n) is 7.02. The molecule has 1 fully saturated rings. The molecule has 228 valence electrons. The van der Waals surface area contributed by atoms with E-state index in [9.17, 15) is 18.0 Å². The zero-order valence-electron chi connectivity index (χ0n) is 24.5. The molecule has 3 aromatic carbocycles. The van der Waals surface area contributed by atoms with Gasteiger partial charge in [-0.3, -0.25) is 0 Å². The number of carbonyl (C=O) groups excluding carboxylic acids is 1. The molecule has 1 saturated heterocycles. The second-order valence-electron chi connectivity index (χ2n) is 10.3. The maximum atomic E-state index is 12.9. The number of para-hydroxylation sites is 1. The Bertz CT molecular complexity index is 1670. The van der Waals surface area contributed by atoms with Gasteiger partial charge in [-0.25, -0.2) is 19.5 Å². The van der Waals surface area contributed by atoms with Crippen molar-refractivity contribution in [2.45, 2.75) is 52.4 Å². The quantitative estimate of drug-likeness (QED) is 0.195. The van der Waals surface area contributed by atoms with Gasteiger partial charge in [-0.2, -0.15) is 4.99 Å². The number of hydrogen-bond donors (Lipinski definition) is 0. The Hall–Kier alpha value is -4.45. The average Bonchev–Trinajstić information content (AvgIpc) is 3.47. The highest BCUT2D eigenvalue weighted by molar-refractivity contribution is 8.14. The van der Waals surface area contributed by atoms with E-state index in [0.29, 0.717) is 28.8 Å². The van der Waals surface area contributed by atoms with Gasteiger partial charge in [0.05, 0.1) is 5.69 Å². The smallest absolute Gasteiger partial charge is 0.406 e. The lowest BCUT2D eigenvalue weighted by atomic mass is 10.1. The van der Waals surface area contributed by atoms with Crippen LogP contribution in [0.3, 0.4) is 0 Å².